The van der Waals surface area contributed by atoms with Gasteiger partial charge in [-0.2, -0.15) is 15.2 Å². The Labute approximate surface area is 236 Å². The van der Waals surface area contributed by atoms with Gasteiger partial charge in [0, 0.05) is 29.3 Å². The molecule has 1 aromatic carbocycles. The Morgan fingerprint density at radius 3 is 2.78 bits per heavy atom. The van der Waals surface area contributed by atoms with E-state index in [2.05, 4.69) is 25.3 Å². The molecule has 0 spiro atoms. The summed E-state index contributed by atoms with van der Waals surface area (Å²) in [6.07, 6.45) is 1.61. The van der Waals surface area contributed by atoms with Crippen LogP contribution in [0, 0.1) is 23.0 Å². The molecule has 1 atom stereocenters. The largest absolute Gasteiger partial charge is 0.475 e. The summed E-state index contributed by atoms with van der Waals surface area (Å²) >= 11 is 0.914. The molecular weight excluding hydrogens is 552 g/mol. The molecular formula is C27H23F2N9O2S. The minimum absolute atomic E-state index is 0.0451. The van der Waals surface area contributed by atoms with E-state index in [0.717, 1.165) is 16.9 Å². The molecule has 0 saturated heterocycles. The molecule has 11 nitrogen and oxygen atoms in total. The van der Waals surface area contributed by atoms with Crippen molar-refractivity contribution < 1.29 is 18.3 Å². The highest BCUT2D eigenvalue weighted by molar-refractivity contribution is 7.23. The van der Waals surface area contributed by atoms with Crippen molar-refractivity contribution in [2.75, 3.05) is 50.2 Å². The van der Waals surface area contributed by atoms with Crippen LogP contribution in [0.3, 0.4) is 0 Å². The summed E-state index contributed by atoms with van der Waals surface area (Å²) in [7, 11) is 3.19. The highest BCUT2D eigenvalue weighted by Crippen LogP contribution is 2.45. The van der Waals surface area contributed by atoms with Crippen LogP contribution >= 0.6 is 11.3 Å². The van der Waals surface area contributed by atoms with Crippen molar-refractivity contribution in [3.63, 3.8) is 0 Å². The topological polar surface area (TPSA) is 161 Å². The third kappa shape index (κ3) is 4.17. The van der Waals surface area contributed by atoms with Gasteiger partial charge in [-0.25, -0.2) is 18.7 Å². The molecule has 6 rings (SSSR count). The lowest BCUT2D eigenvalue weighted by molar-refractivity contribution is 0.315. The second kappa shape index (κ2) is 10.3. The number of hydrogen-bond acceptors (Lipinski definition) is 12. The van der Waals surface area contributed by atoms with Gasteiger partial charge in [0.05, 0.1) is 30.0 Å². The van der Waals surface area contributed by atoms with Gasteiger partial charge in [-0.1, -0.05) is 6.07 Å². The fraction of sp³-hybridized carbons (Fsp3) is 0.222. The zero-order valence-electron chi connectivity index (χ0n) is 21.9. The first-order chi connectivity index (χ1) is 19.9. The van der Waals surface area contributed by atoms with Crippen molar-refractivity contribution >= 4 is 49.0 Å². The molecule has 1 unspecified atom stereocenters. The lowest BCUT2D eigenvalue weighted by Gasteiger charge is -2.32. The van der Waals surface area contributed by atoms with Gasteiger partial charge in [0.25, 0.3) is 0 Å². The second-order valence-electron chi connectivity index (χ2n) is 9.18. The SMILES string of the molecule is CNCC(c1cccnc1N)N1CCOc2nc(-c3ccc(F)c4sc(N)c(C#N)c34)c(F)c3nc(OC)nc1c23. The summed E-state index contributed by atoms with van der Waals surface area (Å²) in [5, 5.41) is 13.5. The first-order valence-electron chi connectivity index (χ1n) is 12.5. The molecule has 41 heavy (non-hydrogen) atoms. The number of rotatable bonds is 6. The maximum absolute atomic E-state index is 16.5. The molecule has 4 aromatic heterocycles. The van der Waals surface area contributed by atoms with Gasteiger partial charge >= 0.3 is 6.01 Å². The molecule has 0 aliphatic carbocycles. The van der Waals surface area contributed by atoms with E-state index in [0.29, 0.717) is 24.7 Å². The third-order valence-corrected chi connectivity index (χ3v) is 7.95. The van der Waals surface area contributed by atoms with E-state index in [9.17, 15) is 9.65 Å². The summed E-state index contributed by atoms with van der Waals surface area (Å²) in [6, 6.07) is 7.77. The zero-order chi connectivity index (χ0) is 28.8. The summed E-state index contributed by atoms with van der Waals surface area (Å²) in [5.74, 6) is -0.632. The van der Waals surface area contributed by atoms with Crippen LogP contribution in [-0.2, 0) is 0 Å². The number of pyridine rings is 2. The fourth-order valence-corrected chi connectivity index (χ4v) is 6.08. The van der Waals surface area contributed by atoms with Crippen LogP contribution in [0.4, 0.5) is 25.4 Å². The summed E-state index contributed by atoms with van der Waals surface area (Å²) < 4.78 is 42.8. The fourth-order valence-electron chi connectivity index (χ4n) is 5.13. The number of nitrogens with one attached hydrogen (secondary N) is 1. The van der Waals surface area contributed by atoms with Gasteiger partial charge in [0.15, 0.2) is 5.82 Å². The van der Waals surface area contributed by atoms with Crippen LogP contribution in [0.15, 0.2) is 30.5 Å². The van der Waals surface area contributed by atoms with E-state index < -0.39 is 11.6 Å². The van der Waals surface area contributed by atoms with Crippen LogP contribution in [0.1, 0.15) is 17.2 Å². The van der Waals surface area contributed by atoms with Gasteiger partial charge in [-0.05, 0) is 25.2 Å². The Morgan fingerprint density at radius 2 is 2.05 bits per heavy atom. The van der Waals surface area contributed by atoms with E-state index >= 15 is 4.39 Å². The normalized spacial score (nSPS) is 13.6. The number of aromatic nitrogens is 4. The van der Waals surface area contributed by atoms with Crippen LogP contribution in [0.25, 0.3) is 32.2 Å². The minimum atomic E-state index is -0.816. The predicted molar refractivity (Wildman–Crippen MR) is 152 cm³/mol. The standard InChI is InChI=1S/C27H23F2N9O2S/c1-33-11-16(12-4-3-7-34-23(12)31)38-8-9-40-26-18-21(36-27(39-2)37-25(18)38)19(29)20(35-26)13-5-6-15(28)22-17(13)14(10-30)24(32)41-22/h3-7,16,33H,8-9,11,32H2,1-2H3,(H2,31,34). The van der Waals surface area contributed by atoms with Crippen LogP contribution < -0.4 is 31.2 Å². The number of nitrogens with zero attached hydrogens (tertiary/aromatic N) is 6. The van der Waals surface area contributed by atoms with Crippen LogP contribution in [0.2, 0.25) is 0 Å². The van der Waals surface area contributed by atoms with Gasteiger partial charge in [-0.3, -0.25) is 0 Å². The summed E-state index contributed by atoms with van der Waals surface area (Å²) in [5.41, 5.74) is 12.9. The highest BCUT2D eigenvalue weighted by Gasteiger charge is 2.33. The number of methoxy groups -OCH3 is 1. The van der Waals surface area contributed by atoms with Crippen molar-refractivity contribution in [2.45, 2.75) is 6.04 Å². The summed E-state index contributed by atoms with van der Waals surface area (Å²) in [4.78, 5) is 19.6. The molecule has 0 bridgehead atoms. The number of likely N-dealkylation sites (N-methyl/N-ethyl adjacent to an activating group) is 1. The van der Waals surface area contributed by atoms with E-state index in [4.69, 9.17) is 20.9 Å². The lowest BCUT2D eigenvalue weighted by Crippen LogP contribution is -2.38. The average Bonchev–Trinajstić information content (AvgIpc) is 3.21. The Hall–Kier alpha value is -4.87. The number of nitrogen functional groups attached to an aromatic ring is 2. The Balaban J connectivity index is 1.64. The van der Waals surface area contributed by atoms with E-state index in [1.807, 2.05) is 24.1 Å². The van der Waals surface area contributed by atoms with Gasteiger partial charge in [-0.15, -0.1) is 11.3 Å². The highest BCUT2D eigenvalue weighted by atomic mass is 32.1. The number of anilines is 3. The van der Waals surface area contributed by atoms with Crippen molar-refractivity contribution in [3.8, 4) is 29.2 Å². The Morgan fingerprint density at radius 1 is 1.22 bits per heavy atom. The number of benzene rings is 1. The van der Waals surface area contributed by atoms with Crippen LogP contribution in [0.5, 0.6) is 11.9 Å². The second-order valence-corrected chi connectivity index (χ2v) is 10.2. The first-order valence-corrected chi connectivity index (χ1v) is 13.3. The maximum atomic E-state index is 16.5. The molecule has 0 saturated carbocycles. The van der Waals surface area contributed by atoms with Crippen molar-refractivity contribution in [3.05, 3.63) is 53.2 Å². The molecule has 14 heteroatoms. The number of nitriles is 1. The number of hydrogen-bond donors (Lipinski definition) is 3. The Kier molecular flexibility index (Phi) is 6.60. The van der Waals surface area contributed by atoms with Gasteiger partial charge < -0.3 is 31.2 Å². The van der Waals surface area contributed by atoms with E-state index in [-0.39, 0.29) is 67.4 Å². The molecule has 1 aliphatic heterocycles. The van der Waals surface area contributed by atoms with Gasteiger partial charge in [0.2, 0.25) is 5.88 Å². The number of halogens is 2. The molecule has 5 heterocycles. The maximum Gasteiger partial charge on any atom is 0.318 e. The predicted octanol–water partition coefficient (Wildman–Crippen LogP) is 3.78. The number of thiophene rings is 1. The molecule has 0 amide bonds. The van der Waals surface area contributed by atoms with Gasteiger partial charge in [0.1, 0.15) is 51.7 Å². The molecule has 5 aromatic rings. The monoisotopic (exact) mass is 575 g/mol. The molecule has 0 fully saturated rings. The smallest absolute Gasteiger partial charge is 0.318 e. The van der Waals surface area contributed by atoms with Crippen molar-refractivity contribution in [1.82, 2.24) is 25.3 Å². The molecule has 0 radical (unpaired) electrons. The third-order valence-electron chi connectivity index (χ3n) is 6.93. The molecule has 5 N–H and O–H groups in total. The quantitative estimate of drug-likeness (QED) is 0.270. The van der Waals surface area contributed by atoms with E-state index in [1.54, 1.807) is 12.3 Å². The lowest BCUT2D eigenvalue weighted by atomic mass is 10.0. The Bertz CT molecular complexity index is 1870. The van der Waals surface area contributed by atoms with Crippen LogP contribution in [-0.4, -0.2) is 53.8 Å². The minimum Gasteiger partial charge on any atom is -0.475 e. The van der Waals surface area contributed by atoms with E-state index in [1.165, 1.54) is 19.2 Å². The first kappa shape index (κ1) is 26.4. The molecule has 208 valence electrons. The number of nitrogens with two attached hydrogens (primary N) is 2. The van der Waals surface area contributed by atoms with Crippen molar-refractivity contribution in [1.29, 1.82) is 5.26 Å². The summed E-state index contributed by atoms with van der Waals surface area (Å²) in [6.45, 7) is 0.959. The average molecular weight is 576 g/mol. The number of ether oxygens (including phenoxy) is 2. The zero-order valence-corrected chi connectivity index (χ0v) is 22.7. The number of fused-ring (bicyclic) bond motifs is 1. The molecule has 1 aliphatic rings. The van der Waals surface area contributed by atoms with Crippen molar-refractivity contribution in [2.24, 2.45) is 0 Å².